The van der Waals surface area contributed by atoms with Crippen LogP contribution in [-0.2, 0) is 4.79 Å². The Kier molecular flexibility index (Phi) is 3.38. The molecule has 0 aliphatic carbocycles. The van der Waals surface area contributed by atoms with Gasteiger partial charge in [0.25, 0.3) is 0 Å². The van der Waals surface area contributed by atoms with Gasteiger partial charge >= 0.3 is 0 Å². The monoisotopic (exact) mass is 209 g/mol. The van der Waals surface area contributed by atoms with Gasteiger partial charge in [-0.1, -0.05) is 11.6 Å². The van der Waals surface area contributed by atoms with E-state index in [9.17, 15) is 4.79 Å². The highest BCUT2D eigenvalue weighted by Gasteiger charge is 2.20. The molecule has 2 aliphatic heterocycles. The summed E-state index contributed by atoms with van der Waals surface area (Å²) < 4.78 is 0. The van der Waals surface area contributed by atoms with E-state index in [4.69, 9.17) is 0 Å². The van der Waals surface area contributed by atoms with Crippen LogP contribution in [-0.4, -0.2) is 61.5 Å². The largest absolute Gasteiger partial charge is 0.339 e. The van der Waals surface area contributed by atoms with Crippen LogP contribution in [0.15, 0.2) is 11.6 Å². The van der Waals surface area contributed by atoms with Gasteiger partial charge in [0.05, 0.1) is 6.54 Å². The quantitative estimate of drug-likeness (QED) is 0.633. The van der Waals surface area contributed by atoms with Gasteiger partial charge < -0.3 is 10.2 Å². The van der Waals surface area contributed by atoms with Gasteiger partial charge in [-0.2, -0.15) is 0 Å². The molecule has 84 valence electrons. The molecule has 15 heavy (non-hydrogen) atoms. The van der Waals surface area contributed by atoms with E-state index in [2.05, 4.69) is 23.2 Å². The Morgan fingerprint density at radius 1 is 1.47 bits per heavy atom. The van der Waals surface area contributed by atoms with Crippen molar-refractivity contribution in [2.45, 2.75) is 6.92 Å². The Bertz CT molecular complexity index is 269. The average molecular weight is 209 g/mol. The Morgan fingerprint density at radius 2 is 2.20 bits per heavy atom. The number of hydrogen-bond acceptors (Lipinski definition) is 3. The minimum absolute atomic E-state index is 0.277. The molecule has 1 saturated heterocycles. The molecule has 1 fully saturated rings. The van der Waals surface area contributed by atoms with Crippen molar-refractivity contribution in [1.29, 1.82) is 0 Å². The van der Waals surface area contributed by atoms with Crippen LogP contribution in [0.25, 0.3) is 0 Å². The summed E-state index contributed by atoms with van der Waals surface area (Å²) in [4.78, 5) is 16.1. The molecule has 0 unspecified atom stereocenters. The normalized spacial score (nSPS) is 23.0. The van der Waals surface area contributed by atoms with Gasteiger partial charge in [0.15, 0.2) is 0 Å². The molecule has 0 saturated carbocycles. The number of hydrogen-bond donors (Lipinski definition) is 1. The standard InChI is InChI=1S/C11H19N3O/c1-10-2-5-13(8-10)9-11(15)14-6-3-12-4-7-14/h2,12H,3-9H2,1H3. The van der Waals surface area contributed by atoms with Gasteiger partial charge in [0.1, 0.15) is 0 Å². The number of carbonyl (C=O) groups excluding carboxylic acids is 1. The molecule has 0 aromatic rings. The van der Waals surface area contributed by atoms with Crippen LogP contribution in [0.4, 0.5) is 0 Å². The SMILES string of the molecule is CC1=CCN(CC(=O)N2CCNCC2)C1. The van der Waals surface area contributed by atoms with E-state index in [0.29, 0.717) is 6.54 Å². The van der Waals surface area contributed by atoms with Gasteiger partial charge in [-0.25, -0.2) is 0 Å². The predicted molar refractivity (Wildman–Crippen MR) is 59.6 cm³/mol. The van der Waals surface area contributed by atoms with Gasteiger partial charge in [-0.15, -0.1) is 0 Å². The summed E-state index contributed by atoms with van der Waals surface area (Å²) in [6, 6.07) is 0. The van der Waals surface area contributed by atoms with E-state index in [1.165, 1.54) is 5.57 Å². The maximum atomic E-state index is 11.9. The first-order valence-electron chi connectivity index (χ1n) is 5.62. The van der Waals surface area contributed by atoms with E-state index in [1.54, 1.807) is 0 Å². The molecule has 0 aromatic carbocycles. The smallest absolute Gasteiger partial charge is 0.236 e. The third kappa shape index (κ3) is 2.79. The Hall–Kier alpha value is -0.870. The van der Waals surface area contributed by atoms with E-state index in [0.717, 1.165) is 39.3 Å². The zero-order valence-electron chi connectivity index (χ0n) is 9.33. The first kappa shape index (κ1) is 10.6. The zero-order valence-corrected chi connectivity index (χ0v) is 9.33. The van der Waals surface area contributed by atoms with Gasteiger partial charge in [-0.05, 0) is 6.92 Å². The minimum atomic E-state index is 0.277. The molecule has 4 heteroatoms. The summed E-state index contributed by atoms with van der Waals surface area (Å²) in [7, 11) is 0. The Labute approximate surface area is 90.9 Å². The molecule has 1 amide bonds. The van der Waals surface area contributed by atoms with Crippen LogP contribution in [0.3, 0.4) is 0 Å². The minimum Gasteiger partial charge on any atom is -0.339 e. The van der Waals surface area contributed by atoms with Gasteiger partial charge in [0.2, 0.25) is 5.91 Å². The van der Waals surface area contributed by atoms with Crippen LogP contribution in [0, 0.1) is 0 Å². The molecule has 2 aliphatic rings. The zero-order chi connectivity index (χ0) is 10.7. The van der Waals surface area contributed by atoms with E-state index in [-0.39, 0.29) is 5.91 Å². The fourth-order valence-electron chi connectivity index (χ4n) is 2.09. The van der Waals surface area contributed by atoms with Crippen molar-refractivity contribution < 1.29 is 4.79 Å². The summed E-state index contributed by atoms with van der Waals surface area (Å²) in [5, 5.41) is 3.25. The second-order valence-corrected chi connectivity index (χ2v) is 4.35. The lowest BCUT2D eigenvalue weighted by Crippen LogP contribution is -2.49. The molecule has 1 N–H and O–H groups in total. The van der Waals surface area contributed by atoms with Crippen molar-refractivity contribution in [3.05, 3.63) is 11.6 Å². The fraction of sp³-hybridized carbons (Fsp3) is 0.727. The van der Waals surface area contributed by atoms with E-state index in [1.807, 2.05) is 4.90 Å². The summed E-state index contributed by atoms with van der Waals surface area (Å²) >= 11 is 0. The average Bonchev–Trinajstić information content (AvgIpc) is 2.65. The van der Waals surface area contributed by atoms with E-state index >= 15 is 0 Å². The lowest BCUT2D eigenvalue weighted by Gasteiger charge is -2.29. The molecular weight excluding hydrogens is 190 g/mol. The number of piperazine rings is 1. The predicted octanol–water partition coefficient (Wildman–Crippen LogP) is -0.320. The number of rotatable bonds is 2. The van der Waals surface area contributed by atoms with E-state index < -0.39 is 0 Å². The van der Waals surface area contributed by atoms with Gasteiger partial charge in [-0.3, -0.25) is 9.69 Å². The highest BCUT2D eigenvalue weighted by molar-refractivity contribution is 5.78. The summed E-state index contributed by atoms with van der Waals surface area (Å²) in [6.07, 6.45) is 2.20. The summed E-state index contributed by atoms with van der Waals surface area (Å²) in [6.45, 7) is 8.18. The molecular formula is C11H19N3O. The van der Waals surface area contributed by atoms with Crippen LogP contribution in [0.5, 0.6) is 0 Å². The molecule has 0 aromatic heterocycles. The van der Waals surface area contributed by atoms with Crippen LogP contribution < -0.4 is 5.32 Å². The van der Waals surface area contributed by atoms with Crippen molar-refractivity contribution >= 4 is 5.91 Å². The van der Waals surface area contributed by atoms with Crippen molar-refractivity contribution in [1.82, 2.24) is 15.1 Å². The van der Waals surface area contributed by atoms with Crippen molar-refractivity contribution in [2.24, 2.45) is 0 Å². The second-order valence-electron chi connectivity index (χ2n) is 4.35. The molecule has 2 heterocycles. The molecule has 0 radical (unpaired) electrons. The second kappa shape index (κ2) is 4.77. The summed E-state index contributed by atoms with van der Waals surface area (Å²) in [5.41, 5.74) is 1.38. The number of nitrogens with one attached hydrogen (secondary N) is 1. The highest BCUT2D eigenvalue weighted by Crippen LogP contribution is 2.08. The first-order chi connectivity index (χ1) is 7.25. The molecule has 0 spiro atoms. The third-order valence-electron chi connectivity index (χ3n) is 3.00. The lowest BCUT2D eigenvalue weighted by atomic mass is 10.3. The Balaban J connectivity index is 1.76. The molecule has 2 rings (SSSR count). The summed E-state index contributed by atoms with van der Waals surface area (Å²) in [5.74, 6) is 0.277. The number of carbonyl (C=O) groups is 1. The fourth-order valence-corrected chi connectivity index (χ4v) is 2.09. The van der Waals surface area contributed by atoms with Gasteiger partial charge in [0, 0.05) is 39.3 Å². The Morgan fingerprint density at radius 3 is 2.80 bits per heavy atom. The maximum Gasteiger partial charge on any atom is 0.236 e. The first-order valence-corrected chi connectivity index (χ1v) is 5.62. The van der Waals surface area contributed by atoms with Crippen molar-refractivity contribution in [3.8, 4) is 0 Å². The van der Waals surface area contributed by atoms with Crippen LogP contribution in [0.1, 0.15) is 6.92 Å². The van der Waals surface area contributed by atoms with Crippen molar-refractivity contribution in [3.63, 3.8) is 0 Å². The maximum absolute atomic E-state index is 11.9. The topological polar surface area (TPSA) is 35.6 Å². The number of nitrogens with zero attached hydrogens (tertiary/aromatic N) is 2. The van der Waals surface area contributed by atoms with Crippen molar-refractivity contribution in [2.75, 3.05) is 45.8 Å². The molecule has 4 nitrogen and oxygen atoms in total. The number of amides is 1. The van der Waals surface area contributed by atoms with Crippen LogP contribution >= 0.6 is 0 Å². The lowest BCUT2D eigenvalue weighted by molar-refractivity contribution is -0.132. The third-order valence-corrected chi connectivity index (χ3v) is 3.00. The molecule has 0 atom stereocenters. The highest BCUT2D eigenvalue weighted by atomic mass is 16.2. The van der Waals surface area contributed by atoms with Crippen LogP contribution in [0.2, 0.25) is 0 Å². The molecule has 0 bridgehead atoms.